The molecule has 4 aromatic rings. The summed E-state index contributed by atoms with van der Waals surface area (Å²) in [5.74, 6) is -0.366. The summed E-state index contributed by atoms with van der Waals surface area (Å²) in [6.45, 7) is 1.94. The maximum absolute atomic E-state index is 12.7. The van der Waals surface area contributed by atoms with Gasteiger partial charge in [-0.05, 0) is 67.1 Å². The quantitative estimate of drug-likeness (QED) is 0.244. The van der Waals surface area contributed by atoms with Gasteiger partial charge in [0.05, 0.1) is 22.2 Å². The van der Waals surface area contributed by atoms with E-state index in [9.17, 15) is 9.59 Å². The number of nitrogens with one attached hydrogen (secondary N) is 3. The Hall–Kier alpha value is -3.80. The molecule has 0 aliphatic heterocycles. The number of hydrogen-bond acceptors (Lipinski definition) is 3. The van der Waals surface area contributed by atoms with Gasteiger partial charge < -0.3 is 16.0 Å². The maximum Gasteiger partial charge on any atom is 0.255 e. The summed E-state index contributed by atoms with van der Waals surface area (Å²) < 4.78 is 0. The van der Waals surface area contributed by atoms with E-state index in [4.69, 9.17) is 23.2 Å². The number of amides is 2. The molecule has 0 aromatic heterocycles. The second-order valence-electron chi connectivity index (χ2n) is 8.00. The number of aryl methyl sites for hydroxylation is 1. The molecule has 0 heterocycles. The first-order chi connectivity index (χ1) is 16.9. The Morgan fingerprint density at radius 1 is 0.743 bits per heavy atom. The molecule has 0 spiro atoms. The normalized spacial score (nSPS) is 10.5. The van der Waals surface area contributed by atoms with Crippen molar-refractivity contribution >= 4 is 57.8 Å². The van der Waals surface area contributed by atoms with Gasteiger partial charge in [-0.1, -0.05) is 65.2 Å². The summed E-state index contributed by atoms with van der Waals surface area (Å²) in [5, 5.41) is 9.98. The van der Waals surface area contributed by atoms with Crippen molar-refractivity contribution in [2.45, 2.75) is 13.3 Å². The Morgan fingerprint density at radius 3 is 2.06 bits per heavy atom. The van der Waals surface area contributed by atoms with Gasteiger partial charge in [-0.25, -0.2) is 0 Å². The van der Waals surface area contributed by atoms with Gasteiger partial charge in [0.1, 0.15) is 0 Å². The molecule has 0 unspecified atom stereocenters. The minimum absolute atomic E-state index is 0.150. The first-order valence-electron chi connectivity index (χ1n) is 11.0. The van der Waals surface area contributed by atoms with Gasteiger partial charge in [0.2, 0.25) is 5.91 Å². The Bertz CT molecular complexity index is 1350. The van der Waals surface area contributed by atoms with E-state index in [0.717, 1.165) is 16.8 Å². The third kappa shape index (κ3) is 6.41. The summed E-state index contributed by atoms with van der Waals surface area (Å²) in [4.78, 5) is 25.2. The first-order valence-corrected chi connectivity index (χ1v) is 11.7. The highest BCUT2D eigenvalue weighted by Crippen LogP contribution is 2.33. The van der Waals surface area contributed by atoms with E-state index < -0.39 is 0 Å². The molecule has 4 rings (SSSR count). The second kappa shape index (κ2) is 11.1. The van der Waals surface area contributed by atoms with Gasteiger partial charge in [0.25, 0.3) is 5.91 Å². The molecule has 35 heavy (non-hydrogen) atoms. The zero-order valence-corrected chi connectivity index (χ0v) is 20.5. The van der Waals surface area contributed by atoms with Crippen LogP contribution in [0.2, 0.25) is 10.0 Å². The predicted octanol–water partition coefficient (Wildman–Crippen LogP) is 7.48. The molecule has 0 saturated carbocycles. The van der Waals surface area contributed by atoms with Crippen molar-refractivity contribution in [3.05, 3.63) is 118 Å². The zero-order valence-electron chi connectivity index (χ0n) is 18.9. The van der Waals surface area contributed by atoms with Gasteiger partial charge in [-0.2, -0.15) is 0 Å². The minimum atomic E-state index is -0.187. The van der Waals surface area contributed by atoms with Crippen LogP contribution in [0.15, 0.2) is 91.0 Å². The van der Waals surface area contributed by atoms with Gasteiger partial charge in [0, 0.05) is 22.6 Å². The number of anilines is 4. The molecule has 176 valence electrons. The van der Waals surface area contributed by atoms with Crippen molar-refractivity contribution in [3.8, 4) is 0 Å². The molecule has 0 radical (unpaired) electrons. The lowest BCUT2D eigenvalue weighted by atomic mass is 10.1. The summed E-state index contributed by atoms with van der Waals surface area (Å²) >= 11 is 12.6. The first kappa shape index (κ1) is 24.3. The van der Waals surface area contributed by atoms with Crippen LogP contribution < -0.4 is 16.0 Å². The molecule has 5 nitrogen and oxygen atoms in total. The largest absolute Gasteiger partial charge is 0.353 e. The van der Waals surface area contributed by atoms with Crippen LogP contribution >= 0.6 is 23.2 Å². The number of carbonyl (C=O) groups excluding carboxylic acids is 2. The number of hydrogen-bond donors (Lipinski definition) is 3. The van der Waals surface area contributed by atoms with Crippen molar-refractivity contribution in [1.29, 1.82) is 0 Å². The predicted molar refractivity (Wildman–Crippen MR) is 144 cm³/mol. The van der Waals surface area contributed by atoms with E-state index in [2.05, 4.69) is 16.0 Å². The van der Waals surface area contributed by atoms with Gasteiger partial charge in [-0.15, -0.1) is 0 Å². The standard InChI is InChI=1S/C28H23Cl2N3O2/c1-18-6-4-8-20(16-18)28(35)32-22-14-12-21(13-15-22)31-26(34)17-19-7-2-3-11-25(19)33-27-23(29)9-5-10-24(27)30/h2-16,33H,17H2,1H3,(H,31,34)(H,32,35). The van der Waals surface area contributed by atoms with Crippen molar-refractivity contribution in [3.63, 3.8) is 0 Å². The van der Waals surface area contributed by atoms with Crippen LogP contribution in [0.5, 0.6) is 0 Å². The summed E-state index contributed by atoms with van der Waals surface area (Å²) in [6, 6.07) is 27.1. The average Bonchev–Trinajstić information content (AvgIpc) is 2.84. The highest BCUT2D eigenvalue weighted by atomic mass is 35.5. The molecule has 0 bridgehead atoms. The Balaban J connectivity index is 1.39. The van der Waals surface area contributed by atoms with Gasteiger partial charge in [0.15, 0.2) is 0 Å². The lowest BCUT2D eigenvalue weighted by molar-refractivity contribution is -0.115. The maximum atomic E-state index is 12.7. The number of halogens is 2. The van der Waals surface area contributed by atoms with Crippen LogP contribution in [0, 0.1) is 6.92 Å². The molecule has 2 amide bonds. The number of para-hydroxylation sites is 2. The molecule has 3 N–H and O–H groups in total. The SMILES string of the molecule is Cc1cccc(C(=O)Nc2ccc(NC(=O)Cc3ccccc3Nc3c(Cl)cccc3Cl)cc2)c1. The molecule has 4 aromatic carbocycles. The van der Waals surface area contributed by atoms with E-state index in [1.165, 1.54) is 0 Å². The van der Waals surface area contributed by atoms with Gasteiger partial charge >= 0.3 is 0 Å². The van der Waals surface area contributed by atoms with Crippen molar-refractivity contribution < 1.29 is 9.59 Å². The number of benzene rings is 4. The van der Waals surface area contributed by atoms with Crippen LogP contribution in [-0.2, 0) is 11.2 Å². The number of rotatable bonds is 7. The fourth-order valence-electron chi connectivity index (χ4n) is 3.55. The van der Waals surface area contributed by atoms with Crippen LogP contribution in [-0.4, -0.2) is 11.8 Å². The molecule has 7 heteroatoms. The highest BCUT2D eigenvalue weighted by Gasteiger charge is 2.12. The van der Waals surface area contributed by atoms with E-state index in [0.29, 0.717) is 32.7 Å². The Morgan fingerprint density at radius 2 is 1.37 bits per heavy atom. The molecule has 0 atom stereocenters. The smallest absolute Gasteiger partial charge is 0.255 e. The fraction of sp³-hybridized carbons (Fsp3) is 0.0714. The second-order valence-corrected chi connectivity index (χ2v) is 8.82. The van der Waals surface area contributed by atoms with Gasteiger partial charge in [-0.3, -0.25) is 9.59 Å². The molecule has 0 aliphatic carbocycles. The lowest BCUT2D eigenvalue weighted by Crippen LogP contribution is -2.15. The topological polar surface area (TPSA) is 70.2 Å². The third-order valence-corrected chi connectivity index (χ3v) is 5.93. The summed E-state index contributed by atoms with van der Waals surface area (Å²) in [7, 11) is 0. The van der Waals surface area contributed by atoms with Crippen LogP contribution in [0.4, 0.5) is 22.7 Å². The average molecular weight is 504 g/mol. The van der Waals surface area contributed by atoms with Crippen molar-refractivity contribution in [1.82, 2.24) is 0 Å². The molecular weight excluding hydrogens is 481 g/mol. The van der Waals surface area contributed by atoms with E-state index in [1.54, 1.807) is 48.5 Å². The van der Waals surface area contributed by atoms with E-state index >= 15 is 0 Å². The van der Waals surface area contributed by atoms with Crippen LogP contribution in [0.25, 0.3) is 0 Å². The molecular formula is C28H23Cl2N3O2. The number of carbonyl (C=O) groups is 2. The van der Waals surface area contributed by atoms with E-state index in [1.807, 2.05) is 49.4 Å². The molecule has 0 saturated heterocycles. The highest BCUT2D eigenvalue weighted by molar-refractivity contribution is 6.39. The zero-order chi connectivity index (χ0) is 24.8. The van der Waals surface area contributed by atoms with E-state index in [-0.39, 0.29) is 18.2 Å². The van der Waals surface area contributed by atoms with Crippen LogP contribution in [0.1, 0.15) is 21.5 Å². The van der Waals surface area contributed by atoms with Crippen molar-refractivity contribution in [2.24, 2.45) is 0 Å². The lowest BCUT2D eigenvalue weighted by Gasteiger charge is -2.14. The Labute approximate surface area is 214 Å². The monoisotopic (exact) mass is 503 g/mol. The summed E-state index contributed by atoms with van der Waals surface area (Å²) in [5.41, 5.74) is 5.00. The fourth-order valence-corrected chi connectivity index (χ4v) is 4.04. The molecule has 0 fully saturated rings. The Kier molecular flexibility index (Phi) is 7.70. The van der Waals surface area contributed by atoms with Crippen LogP contribution in [0.3, 0.4) is 0 Å². The third-order valence-electron chi connectivity index (χ3n) is 5.30. The molecule has 0 aliphatic rings. The summed E-state index contributed by atoms with van der Waals surface area (Å²) in [6.07, 6.45) is 0.150. The van der Waals surface area contributed by atoms with Crippen molar-refractivity contribution in [2.75, 3.05) is 16.0 Å². The minimum Gasteiger partial charge on any atom is -0.353 e.